The summed E-state index contributed by atoms with van der Waals surface area (Å²) in [5, 5.41) is 3.03. The zero-order chi connectivity index (χ0) is 17.2. The van der Waals surface area contributed by atoms with Gasteiger partial charge in [-0.25, -0.2) is 4.99 Å². The van der Waals surface area contributed by atoms with Crippen LogP contribution in [0.25, 0.3) is 0 Å². The molecular weight excluding hydrogens is 304 g/mol. The largest absolute Gasteiger partial charge is 0.492 e. The predicted octanol–water partition coefficient (Wildman–Crippen LogP) is 1.38. The van der Waals surface area contributed by atoms with Crippen molar-refractivity contribution in [1.82, 2.24) is 10.2 Å². The van der Waals surface area contributed by atoms with Gasteiger partial charge in [0, 0.05) is 31.7 Å². The molecule has 1 heterocycles. The van der Waals surface area contributed by atoms with Crippen molar-refractivity contribution in [2.45, 2.75) is 13.5 Å². The molecule has 0 aromatic heterocycles. The summed E-state index contributed by atoms with van der Waals surface area (Å²) in [6.45, 7) is 12.0. The Bertz CT molecular complexity index is 554. The van der Waals surface area contributed by atoms with Crippen LogP contribution < -0.4 is 15.8 Å². The predicted molar refractivity (Wildman–Crippen MR) is 97.3 cm³/mol. The van der Waals surface area contributed by atoms with Gasteiger partial charge in [0.15, 0.2) is 5.96 Å². The highest BCUT2D eigenvalue weighted by atomic mass is 16.5. The van der Waals surface area contributed by atoms with Crippen molar-refractivity contribution < 1.29 is 9.47 Å². The highest BCUT2D eigenvalue weighted by molar-refractivity contribution is 5.78. The third-order valence-corrected chi connectivity index (χ3v) is 3.73. The molecule has 3 N–H and O–H groups in total. The molecule has 24 heavy (non-hydrogen) atoms. The fourth-order valence-corrected chi connectivity index (χ4v) is 2.35. The van der Waals surface area contributed by atoms with Crippen molar-refractivity contribution in [2.75, 3.05) is 46.0 Å². The minimum absolute atomic E-state index is 0.418. The summed E-state index contributed by atoms with van der Waals surface area (Å²) in [7, 11) is 0. The normalized spacial score (nSPS) is 16.0. The first-order valence-electron chi connectivity index (χ1n) is 8.34. The number of benzene rings is 1. The molecule has 1 saturated heterocycles. The van der Waals surface area contributed by atoms with Crippen LogP contribution in [0.3, 0.4) is 0 Å². The van der Waals surface area contributed by atoms with Crippen LogP contribution in [-0.4, -0.2) is 56.9 Å². The summed E-state index contributed by atoms with van der Waals surface area (Å²) in [5.74, 6) is 1.28. The molecule has 0 amide bonds. The molecule has 1 aromatic rings. The molecule has 1 aromatic carbocycles. The highest BCUT2D eigenvalue weighted by Gasteiger charge is 2.10. The van der Waals surface area contributed by atoms with Crippen molar-refractivity contribution in [3.63, 3.8) is 0 Å². The maximum absolute atomic E-state index is 5.94. The van der Waals surface area contributed by atoms with Gasteiger partial charge in [-0.1, -0.05) is 30.4 Å². The molecule has 0 atom stereocenters. The first-order valence-corrected chi connectivity index (χ1v) is 8.34. The van der Waals surface area contributed by atoms with E-state index < -0.39 is 0 Å². The van der Waals surface area contributed by atoms with E-state index in [1.807, 2.05) is 31.2 Å². The fraction of sp³-hybridized carbons (Fsp3) is 0.500. The van der Waals surface area contributed by atoms with Gasteiger partial charge in [0.2, 0.25) is 0 Å². The van der Waals surface area contributed by atoms with Gasteiger partial charge >= 0.3 is 0 Å². The summed E-state index contributed by atoms with van der Waals surface area (Å²) < 4.78 is 11.3. The molecule has 2 rings (SSSR count). The molecule has 0 saturated carbocycles. The Balaban J connectivity index is 1.82. The van der Waals surface area contributed by atoms with Crippen LogP contribution in [-0.2, 0) is 11.3 Å². The monoisotopic (exact) mass is 332 g/mol. The van der Waals surface area contributed by atoms with E-state index in [1.54, 1.807) is 0 Å². The van der Waals surface area contributed by atoms with E-state index in [0.717, 1.165) is 49.7 Å². The Hall–Kier alpha value is -2.05. The molecule has 0 bridgehead atoms. The Morgan fingerprint density at radius 1 is 1.38 bits per heavy atom. The van der Waals surface area contributed by atoms with Crippen LogP contribution in [0.15, 0.2) is 41.4 Å². The summed E-state index contributed by atoms with van der Waals surface area (Å²) >= 11 is 0. The minimum atomic E-state index is 0.418. The standard InChI is InChI=1S/C18H28N4O2/c1-15(2)13-20-18(19)21-14-16-5-3-4-6-17(16)24-12-9-22-7-10-23-11-8-22/h3-6H,1,7-14H2,2H3,(H3,19,20,21). The summed E-state index contributed by atoms with van der Waals surface area (Å²) in [4.78, 5) is 6.71. The van der Waals surface area contributed by atoms with Crippen molar-refractivity contribution in [2.24, 2.45) is 10.7 Å². The average molecular weight is 332 g/mol. The van der Waals surface area contributed by atoms with E-state index in [2.05, 4.69) is 21.8 Å². The van der Waals surface area contributed by atoms with E-state index in [-0.39, 0.29) is 0 Å². The molecule has 1 aliphatic rings. The molecule has 0 radical (unpaired) electrons. The summed E-state index contributed by atoms with van der Waals surface area (Å²) in [5.41, 5.74) is 7.90. The number of morpholine rings is 1. The molecule has 0 aliphatic carbocycles. The maximum Gasteiger partial charge on any atom is 0.189 e. The first kappa shape index (κ1) is 18.3. The van der Waals surface area contributed by atoms with Gasteiger partial charge in [0.1, 0.15) is 12.4 Å². The number of hydrogen-bond acceptors (Lipinski definition) is 4. The van der Waals surface area contributed by atoms with Gasteiger partial charge < -0.3 is 20.5 Å². The molecule has 6 heteroatoms. The number of hydrogen-bond donors (Lipinski definition) is 2. The second-order valence-corrected chi connectivity index (χ2v) is 5.92. The third-order valence-electron chi connectivity index (χ3n) is 3.73. The minimum Gasteiger partial charge on any atom is -0.492 e. The van der Waals surface area contributed by atoms with Crippen LogP contribution in [0, 0.1) is 0 Å². The van der Waals surface area contributed by atoms with Crippen molar-refractivity contribution >= 4 is 5.96 Å². The number of rotatable bonds is 8. The van der Waals surface area contributed by atoms with Crippen molar-refractivity contribution in [1.29, 1.82) is 0 Å². The SMILES string of the molecule is C=C(C)CNC(N)=NCc1ccccc1OCCN1CCOCC1. The molecule has 1 aliphatic heterocycles. The number of para-hydroxylation sites is 1. The second-order valence-electron chi connectivity index (χ2n) is 5.92. The van der Waals surface area contributed by atoms with Crippen LogP contribution >= 0.6 is 0 Å². The highest BCUT2D eigenvalue weighted by Crippen LogP contribution is 2.18. The Morgan fingerprint density at radius 3 is 2.88 bits per heavy atom. The van der Waals surface area contributed by atoms with E-state index in [4.69, 9.17) is 15.2 Å². The van der Waals surface area contributed by atoms with E-state index in [9.17, 15) is 0 Å². The molecular formula is C18H28N4O2. The van der Waals surface area contributed by atoms with Crippen molar-refractivity contribution in [3.8, 4) is 5.75 Å². The van der Waals surface area contributed by atoms with Gasteiger partial charge in [-0.05, 0) is 13.0 Å². The van der Waals surface area contributed by atoms with E-state index in [0.29, 0.717) is 25.7 Å². The van der Waals surface area contributed by atoms with Gasteiger partial charge in [-0.15, -0.1) is 0 Å². The second kappa shape index (κ2) is 9.95. The van der Waals surface area contributed by atoms with Crippen LogP contribution in [0.1, 0.15) is 12.5 Å². The Labute approximate surface area is 144 Å². The molecule has 0 spiro atoms. The number of aliphatic imine (C=N–C) groups is 1. The van der Waals surface area contributed by atoms with Crippen molar-refractivity contribution in [3.05, 3.63) is 42.0 Å². The van der Waals surface area contributed by atoms with Gasteiger partial charge in [0.05, 0.1) is 19.8 Å². The summed E-state index contributed by atoms with van der Waals surface area (Å²) in [6.07, 6.45) is 0. The zero-order valence-electron chi connectivity index (χ0n) is 14.5. The van der Waals surface area contributed by atoms with Gasteiger partial charge in [-0.2, -0.15) is 0 Å². The van der Waals surface area contributed by atoms with Crippen LogP contribution in [0.4, 0.5) is 0 Å². The Kier molecular flexibility index (Phi) is 7.58. The average Bonchev–Trinajstić information content (AvgIpc) is 2.60. The first-order chi connectivity index (χ1) is 11.6. The van der Waals surface area contributed by atoms with E-state index in [1.165, 1.54) is 0 Å². The lowest BCUT2D eigenvalue weighted by Crippen LogP contribution is -2.38. The molecule has 1 fully saturated rings. The quantitative estimate of drug-likeness (QED) is 0.427. The number of nitrogens with zero attached hydrogens (tertiary/aromatic N) is 2. The fourth-order valence-electron chi connectivity index (χ4n) is 2.35. The maximum atomic E-state index is 5.94. The third kappa shape index (κ3) is 6.60. The lowest BCUT2D eigenvalue weighted by molar-refractivity contribution is 0.0322. The van der Waals surface area contributed by atoms with Gasteiger partial charge in [-0.3, -0.25) is 4.90 Å². The molecule has 132 valence electrons. The Morgan fingerprint density at radius 2 is 2.12 bits per heavy atom. The molecule has 0 unspecified atom stereocenters. The van der Waals surface area contributed by atoms with Crippen LogP contribution in [0.2, 0.25) is 0 Å². The lowest BCUT2D eigenvalue weighted by Gasteiger charge is -2.26. The van der Waals surface area contributed by atoms with Gasteiger partial charge in [0.25, 0.3) is 0 Å². The number of nitrogens with two attached hydrogens (primary N) is 1. The number of nitrogens with one attached hydrogen (secondary N) is 1. The summed E-state index contributed by atoms with van der Waals surface area (Å²) in [6, 6.07) is 7.94. The lowest BCUT2D eigenvalue weighted by atomic mass is 10.2. The van der Waals surface area contributed by atoms with E-state index >= 15 is 0 Å². The number of guanidine groups is 1. The van der Waals surface area contributed by atoms with Crippen LogP contribution in [0.5, 0.6) is 5.75 Å². The smallest absolute Gasteiger partial charge is 0.189 e. The number of ether oxygens (including phenoxy) is 2. The topological polar surface area (TPSA) is 72.1 Å². The molecule has 6 nitrogen and oxygen atoms in total. The zero-order valence-corrected chi connectivity index (χ0v) is 14.5.